The second kappa shape index (κ2) is 6.30. The van der Waals surface area contributed by atoms with Crippen molar-refractivity contribution >= 4 is 29.3 Å². The smallest absolute Gasteiger partial charge is 0.321 e. The molecule has 2 amide bonds. The van der Waals surface area contributed by atoms with Crippen LogP contribution in [-0.4, -0.2) is 35.1 Å². The SMILES string of the molecule is CC1CC(C(=O)O)CN(C(=O)Nc2ccc(F)c(Cl)c2)C1. The van der Waals surface area contributed by atoms with Gasteiger partial charge in [0, 0.05) is 18.8 Å². The Hall–Kier alpha value is -1.82. The standard InChI is InChI=1S/C14H16ClFN2O3/c1-8-4-9(13(19)20)7-18(6-8)14(21)17-10-2-3-12(16)11(15)5-10/h2-3,5,8-9H,4,6-7H2,1H3,(H,17,21)(H,19,20). The second-order valence-corrected chi connectivity index (χ2v) is 5.75. The van der Waals surface area contributed by atoms with Gasteiger partial charge in [-0.25, -0.2) is 9.18 Å². The molecule has 1 aliphatic rings. The van der Waals surface area contributed by atoms with Gasteiger partial charge in [0.05, 0.1) is 10.9 Å². The first-order valence-electron chi connectivity index (χ1n) is 6.60. The number of carboxylic acid groups (broad SMARTS) is 1. The number of amides is 2. The first-order valence-corrected chi connectivity index (χ1v) is 6.98. The van der Waals surface area contributed by atoms with Gasteiger partial charge >= 0.3 is 12.0 Å². The van der Waals surface area contributed by atoms with Crippen LogP contribution in [0.4, 0.5) is 14.9 Å². The Bertz CT molecular complexity index is 567. The first-order chi connectivity index (χ1) is 9.86. The summed E-state index contributed by atoms with van der Waals surface area (Å²) in [5, 5.41) is 11.6. The Labute approximate surface area is 126 Å². The molecule has 1 heterocycles. The van der Waals surface area contributed by atoms with Crippen LogP contribution < -0.4 is 5.32 Å². The average molecular weight is 315 g/mol. The number of rotatable bonds is 2. The lowest BCUT2D eigenvalue weighted by molar-refractivity contribution is -0.143. The predicted molar refractivity (Wildman–Crippen MR) is 76.9 cm³/mol. The summed E-state index contributed by atoms with van der Waals surface area (Å²) in [5.74, 6) is -1.91. The zero-order valence-corrected chi connectivity index (χ0v) is 12.2. The fraction of sp³-hybridized carbons (Fsp3) is 0.429. The largest absolute Gasteiger partial charge is 0.481 e. The van der Waals surface area contributed by atoms with Crippen molar-refractivity contribution in [2.45, 2.75) is 13.3 Å². The Balaban J connectivity index is 2.05. The lowest BCUT2D eigenvalue weighted by Crippen LogP contribution is -2.47. The molecule has 1 fully saturated rings. The number of carboxylic acids is 1. The molecule has 114 valence electrons. The fourth-order valence-corrected chi connectivity index (χ4v) is 2.65. The molecule has 0 aliphatic carbocycles. The molecular formula is C14H16ClFN2O3. The Morgan fingerprint density at radius 3 is 2.76 bits per heavy atom. The molecule has 7 heteroatoms. The summed E-state index contributed by atoms with van der Waals surface area (Å²) in [6, 6.07) is 3.48. The summed E-state index contributed by atoms with van der Waals surface area (Å²) < 4.78 is 13.1. The summed E-state index contributed by atoms with van der Waals surface area (Å²) >= 11 is 5.65. The summed E-state index contributed by atoms with van der Waals surface area (Å²) in [6.07, 6.45) is 0.557. The molecule has 1 aromatic carbocycles. The number of hydrogen-bond acceptors (Lipinski definition) is 2. The Morgan fingerprint density at radius 1 is 1.43 bits per heavy atom. The number of nitrogens with one attached hydrogen (secondary N) is 1. The first kappa shape index (κ1) is 15.6. The number of carbonyl (C=O) groups is 2. The number of carbonyl (C=O) groups excluding carboxylic acids is 1. The van der Waals surface area contributed by atoms with Crippen molar-refractivity contribution in [3.05, 3.63) is 29.0 Å². The topological polar surface area (TPSA) is 69.6 Å². The van der Waals surface area contributed by atoms with E-state index < -0.39 is 23.7 Å². The number of anilines is 1. The molecule has 2 rings (SSSR count). The molecule has 0 bridgehead atoms. The fourth-order valence-electron chi connectivity index (χ4n) is 2.47. The van der Waals surface area contributed by atoms with Crippen molar-refractivity contribution in [1.82, 2.24) is 4.90 Å². The van der Waals surface area contributed by atoms with Crippen LogP contribution in [0.2, 0.25) is 5.02 Å². The highest BCUT2D eigenvalue weighted by Gasteiger charge is 2.31. The number of nitrogens with zero attached hydrogens (tertiary/aromatic N) is 1. The molecule has 0 aromatic heterocycles. The number of halogens is 2. The van der Waals surface area contributed by atoms with Crippen molar-refractivity contribution < 1.29 is 19.1 Å². The van der Waals surface area contributed by atoms with E-state index in [1.165, 1.54) is 17.0 Å². The van der Waals surface area contributed by atoms with Crippen LogP contribution in [0.3, 0.4) is 0 Å². The second-order valence-electron chi connectivity index (χ2n) is 5.34. The van der Waals surface area contributed by atoms with E-state index in [-0.39, 0.29) is 17.5 Å². The number of urea groups is 1. The van der Waals surface area contributed by atoms with E-state index in [4.69, 9.17) is 16.7 Å². The number of hydrogen-bond donors (Lipinski definition) is 2. The third-order valence-corrected chi connectivity index (χ3v) is 3.76. The van der Waals surface area contributed by atoms with Gasteiger partial charge in [0.15, 0.2) is 0 Å². The van der Waals surface area contributed by atoms with Crippen LogP contribution in [-0.2, 0) is 4.79 Å². The predicted octanol–water partition coefficient (Wildman–Crippen LogP) is 3.05. The molecule has 2 atom stereocenters. The summed E-state index contributed by atoms with van der Waals surface area (Å²) in [6.45, 7) is 2.56. The van der Waals surface area contributed by atoms with Crippen molar-refractivity contribution in [2.75, 3.05) is 18.4 Å². The molecule has 2 N–H and O–H groups in total. The van der Waals surface area contributed by atoms with Crippen molar-refractivity contribution in [3.63, 3.8) is 0 Å². The summed E-state index contributed by atoms with van der Waals surface area (Å²) in [7, 11) is 0. The minimum atomic E-state index is -0.899. The maximum atomic E-state index is 13.1. The van der Waals surface area contributed by atoms with Gasteiger partial charge in [0.2, 0.25) is 0 Å². The van der Waals surface area contributed by atoms with Gasteiger partial charge in [0.25, 0.3) is 0 Å². The minimum Gasteiger partial charge on any atom is -0.481 e. The number of likely N-dealkylation sites (tertiary alicyclic amines) is 1. The molecule has 21 heavy (non-hydrogen) atoms. The van der Waals surface area contributed by atoms with Crippen molar-refractivity contribution in [1.29, 1.82) is 0 Å². The van der Waals surface area contributed by atoms with Crippen LogP contribution in [0.15, 0.2) is 18.2 Å². The number of piperidine rings is 1. The van der Waals surface area contributed by atoms with Gasteiger partial charge in [0.1, 0.15) is 5.82 Å². The van der Waals surface area contributed by atoms with Crippen LogP contribution in [0.5, 0.6) is 0 Å². The van der Waals surface area contributed by atoms with Gasteiger partial charge in [-0.2, -0.15) is 0 Å². The molecule has 2 unspecified atom stereocenters. The van der Waals surface area contributed by atoms with E-state index in [2.05, 4.69) is 5.32 Å². The highest BCUT2D eigenvalue weighted by atomic mass is 35.5. The van der Waals surface area contributed by atoms with Gasteiger partial charge < -0.3 is 15.3 Å². The third-order valence-electron chi connectivity index (χ3n) is 3.47. The van der Waals surface area contributed by atoms with Gasteiger partial charge in [-0.05, 0) is 30.5 Å². The molecule has 0 spiro atoms. The van der Waals surface area contributed by atoms with Crippen molar-refractivity contribution in [3.8, 4) is 0 Å². The zero-order chi connectivity index (χ0) is 15.6. The molecule has 0 saturated carbocycles. The zero-order valence-electron chi connectivity index (χ0n) is 11.5. The molecule has 5 nitrogen and oxygen atoms in total. The van der Waals surface area contributed by atoms with Gasteiger partial charge in [-0.15, -0.1) is 0 Å². The number of benzene rings is 1. The normalized spacial score (nSPS) is 22.0. The summed E-state index contributed by atoms with van der Waals surface area (Å²) in [5.41, 5.74) is 0.372. The molecular weight excluding hydrogens is 299 g/mol. The van der Waals surface area contributed by atoms with Crippen LogP contribution >= 0.6 is 11.6 Å². The van der Waals surface area contributed by atoms with E-state index in [0.717, 1.165) is 6.07 Å². The van der Waals surface area contributed by atoms with E-state index in [0.29, 0.717) is 18.7 Å². The van der Waals surface area contributed by atoms with Crippen LogP contribution in [0, 0.1) is 17.7 Å². The van der Waals surface area contributed by atoms with E-state index >= 15 is 0 Å². The average Bonchev–Trinajstić information content (AvgIpc) is 2.42. The Morgan fingerprint density at radius 2 is 2.14 bits per heavy atom. The Kier molecular flexibility index (Phi) is 4.67. The molecule has 0 radical (unpaired) electrons. The lowest BCUT2D eigenvalue weighted by atomic mass is 9.91. The van der Waals surface area contributed by atoms with Crippen molar-refractivity contribution in [2.24, 2.45) is 11.8 Å². The maximum absolute atomic E-state index is 13.1. The highest BCUT2D eigenvalue weighted by molar-refractivity contribution is 6.31. The summed E-state index contributed by atoms with van der Waals surface area (Å²) in [4.78, 5) is 24.7. The molecule has 1 saturated heterocycles. The van der Waals surface area contributed by atoms with E-state index in [1.54, 1.807) is 0 Å². The maximum Gasteiger partial charge on any atom is 0.321 e. The van der Waals surface area contributed by atoms with E-state index in [1.807, 2.05) is 6.92 Å². The van der Waals surface area contributed by atoms with E-state index in [9.17, 15) is 14.0 Å². The monoisotopic (exact) mass is 314 g/mol. The van der Waals surface area contributed by atoms with Crippen LogP contribution in [0.1, 0.15) is 13.3 Å². The minimum absolute atomic E-state index is 0.0803. The lowest BCUT2D eigenvalue weighted by Gasteiger charge is -2.34. The van der Waals surface area contributed by atoms with Gasteiger partial charge in [-0.3, -0.25) is 4.79 Å². The highest BCUT2D eigenvalue weighted by Crippen LogP contribution is 2.24. The van der Waals surface area contributed by atoms with Gasteiger partial charge in [-0.1, -0.05) is 18.5 Å². The quantitative estimate of drug-likeness (QED) is 0.881. The molecule has 1 aromatic rings. The molecule has 1 aliphatic heterocycles. The third kappa shape index (κ3) is 3.85. The number of aliphatic carboxylic acids is 1. The van der Waals surface area contributed by atoms with Crippen LogP contribution in [0.25, 0.3) is 0 Å².